The zero-order valence-electron chi connectivity index (χ0n) is 17.9. The molecule has 0 aliphatic heterocycles. The van der Waals surface area contributed by atoms with Gasteiger partial charge in [-0.2, -0.15) is 0 Å². The lowest BCUT2D eigenvalue weighted by atomic mass is 10.0. The molecule has 3 aromatic rings. The van der Waals surface area contributed by atoms with Crippen molar-refractivity contribution in [3.63, 3.8) is 0 Å². The molecular formula is C25H30N4. The smallest absolute Gasteiger partial charge is 0.0977 e. The normalized spacial score (nSPS) is 11.8. The van der Waals surface area contributed by atoms with Crippen LogP contribution in [0.4, 0.5) is 5.69 Å². The van der Waals surface area contributed by atoms with Gasteiger partial charge in [0.25, 0.3) is 0 Å². The van der Waals surface area contributed by atoms with Gasteiger partial charge in [-0.1, -0.05) is 31.7 Å². The van der Waals surface area contributed by atoms with E-state index >= 15 is 0 Å². The first kappa shape index (κ1) is 20.9. The van der Waals surface area contributed by atoms with Crippen LogP contribution in [-0.2, 0) is 12.8 Å². The highest BCUT2D eigenvalue weighted by Gasteiger charge is 2.11. The average Bonchev–Trinajstić information content (AvgIpc) is 2.73. The number of rotatable bonds is 7. The van der Waals surface area contributed by atoms with Gasteiger partial charge in [0.1, 0.15) is 0 Å². The van der Waals surface area contributed by atoms with Crippen LogP contribution < -0.4 is 5.73 Å². The van der Waals surface area contributed by atoms with Crippen LogP contribution in [0.25, 0.3) is 17.1 Å². The maximum absolute atomic E-state index is 5.66. The molecule has 0 saturated carbocycles. The van der Waals surface area contributed by atoms with Gasteiger partial charge < -0.3 is 5.73 Å². The molecule has 2 N–H and O–H groups in total. The van der Waals surface area contributed by atoms with Crippen LogP contribution in [-0.4, -0.2) is 22.2 Å². The molecule has 0 spiro atoms. The highest BCUT2D eigenvalue weighted by Crippen LogP contribution is 2.28. The first-order chi connectivity index (χ1) is 14.0. The number of aliphatic imine (C=N–C) groups is 1. The van der Waals surface area contributed by atoms with Crippen LogP contribution in [0.5, 0.6) is 0 Å². The van der Waals surface area contributed by atoms with Crippen LogP contribution >= 0.6 is 0 Å². The average molecular weight is 387 g/mol. The van der Waals surface area contributed by atoms with Gasteiger partial charge in [-0.3, -0.25) is 9.98 Å². The Bertz CT molecular complexity index is 1060. The summed E-state index contributed by atoms with van der Waals surface area (Å²) in [5.41, 5.74) is 16.1. The van der Waals surface area contributed by atoms with Crippen LogP contribution in [0, 0.1) is 13.8 Å². The highest BCUT2D eigenvalue weighted by molar-refractivity contribution is 6.09. The lowest BCUT2D eigenvalue weighted by Crippen LogP contribution is -2.02. The minimum absolute atomic E-state index is 0.713. The Hall–Kier alpha value is -2.85. The monoisotopic (exact) mass is 386 g/mol. The molecule has 150 valence electrons. The van der Waals surface area contributed by atoms with E-state index in [4.69, 9.17) is 20.7 Å². The standard InChI is InChI=1S/C25H30N4/c1-6-19-13-22(25-23(14-19)29-21(7-2)15-27-25)18(5)28-24-16(3)11-20(9-8-10-26)12-17(24)4/h6,11-15H,1,7-10,26H2,2-5H3/b28-18+. The van der Waals surface area contributed by atoms with Gasteiger partial charge in [0.2, 0.25) is 0 Å². The highest BCUT2D eigenvalue weighted by atomic mass is 14.8. The number of hydrogen-bond acceptors (Lipinski definition) is 4. The third-order valence-electron chi connectivity index (χ3n) is 5.21. The predicted octanol–water partition coefficient (Wildman–Crippen LogP) is 5.48. The van der Waals surface area contributed by atoms with Crippen molar-refractivity contribution in [2.45, 2.75) is 47.0 Å². The molecule has 1 aromatic heterocycles. The Morgan fingerprint density at radius 3 is 2.52 bits per heavy atom. The van der Waals surface area contributed by atoms with E-state index in [0.29, 0.717) is 6.54 Å². The first-order valence-electron chi connectivity index (χ1n) is 10.2. The molecule has 3 rings (SSSR count). The van der Waals surface area contributed by atoms with E-state index in [2.05, 4.69) is 45.5 Å². The van der Waals surface area contributed by atoms with E-state index in [-0.39, 0.29) is 0 Å². The predicted molar refractivity (Wildman–Crippen MR) is 124 cm³/mol. The maximum atomic E-state index is 5.66. The lowest BCUT2D eigenvalue weighted by molar-refractivity contribution is 0.831. The van der Waals surface area contributed by atoms with Gasteiger partial charge in [0, 0.05) is 17.5 Å². The molecule has 0 fully saturated rings. The van der Waals surface area contributed by atoms with Crippen molar-refractivity contribution >= 4 is 28.5 Å². The molecule has 0 aliphatic rings. The Balaban J connectivity index is 2.10. The summed E-state index contributed by atoms with van der Waals surface area (Å²) >= 11 is 0. The summed E-state index contributed by atoms with van der Waals surface area (Å²) in [6, 6.07) is 8.57. The Labute approximate surface area is 173 Å². The number of hydrogen-bond donors (Lipinski definition) is 1. The summed E-state index contributed by atoms with van der Waals surface area (Å²) in [5, 5.41) is 0. The third kappa shape index (κ3) is 4.60. The second-order valence-corrected chi connectivity index (χ2v) is 7.52. The van der Waals surface area contributed by atoms with Crippen molar-refractivity contribution in [3.05, 3.63) is 70.6 Å². The molecule has 1 heterocycles. The summed E-state index contributed by atoms with van der Waals surface area (Å²) in [5.74, 6) is 0. The molecule has 0 aliphatic carbocycles. The molecular weight excluding hydrogens is 356 g/mol. The van der Waals surface area contributed by atoms with Crippen molar-refractivity contribution in [2.75, 3.05) is 6.54 Å². The number of aromatic nitrogens is 2. The van der Waals surface area contributed by atoms with E-state index in [1.165, 1.54) is 16.7 Å². The molecule has 0 amide bonds. The molecule has 0 bridgehead atoms. The van der Waals surface area contributed by atoms with E-state index in [1.807, 2.05) is 25.3 Å². The Kier molecular flexibility index (Phi) is 6.55. The summed E-state index contributed by atoms with van der Waals surface area (Å²) in [7, 11) is 0. The summed E-state index contributed by atoms with van der Waals surface area (Å²) in [4.78, 5) is 14.5. The molecule has 0 radical (unpaired) electrons. The van der Waals surface area contributed by atoms with Gasteiger partial charge in [0.05, 0.1) is 22.4 Å². The number of benzene rings is 2. The van der Waals surface area contributed by atoms with Gasteiger partial charge in [-0.05, 0) is 81.0 Å². The van der Waals surface area contributed by atoms with Gasteiger partial charge in [0.15, 0.2) is 0 Å². The molecule has 29 heavy (non-hydrogen) atoms. The van der Waals surface area contributed by atoms with Crippen LogP contribution in [0.15, 0.2) is 42.0 Å². The molecule has 0 unspecified atom stereocenters. The zero-order valence-corrected chi connectivity index (χ0v) is 17.9. The van der Waals surface area contributed by atoms with Crippen molar-refractivity contribution in [2.24, 2.45) is 10.7 Å². The Morgan fingerprint density at radius 2 is 1.90 bits per heavy atom. The van der Waals surface area contributed by atoms with E-state index in [9.17, 15) is 0 Å². The van der Waals surface area contributed by atoms with Gasteiger partial charge >= 0.3 is 0 Å². The second kappa shape index (κ2) is 9.10. The first-order valence-corrected chi connectivity index (χ1v) is 10.2. The number of aryl methyl sites for hydroxylation is 4. The quantitative estimate of drug-likeness (QED) is 0.547. The maximum Gasteiger partial charge on any atom is 0.0977 e. The fraction of sp³-hybridized carbons (Fsp3) is 0.320. The summed E-state index contributed by atoms with van der Waals surface area (Å²) < 4.78 is 0. The van der Waals surface area contributed by atoms with Crippen molar-refractivity contribution < 1.29 is 0 Å². The van der Waals surface area contributed by atoms with E-state index in [0.717, 1.165) is 58.5 Å². The van der Waals surface area contributed by atoms with E-state index < -0.39 is 0 Å². The summed E-state index contributed by atoms with van der Waals surface area (Å²) in [6.45, 7) is 13.0. The van der Waals surface area contributed by atoms with Crippen molar-refractivity contribution in [3.8, 4) is 0 Å². The number of fused-ring (bicyclic) bond motifs is 1. The molecule has 0 saturated heterocycles. The third-order valence-corrected chi connectivity index (χ3v) is 5.21. The fourth-order valence-electron chi connectivity index (χ4n) is 3.65. The molecule has 0 atom stereocenters. The topological polar surface area (TPSA) is 64.2 Å². The largest absolute Gasteiger partial charge is 0.330 e. The summed E-state index contributed by atoms with van der Waals surface area (Å²) in [6.07, 6.45) is 6.56. The number of nitrogens with two attached hydrogens (primary N) is 1. The van der Waals surface area contributed by atoms with Crippen LogP contribution in [0.3, 0.4) is 0 Å². The molecule has 2 aromatic carbocycles. The fourth-order valence-corrected chi connectivity index (χ4v) is 3.65. The number of nitrogens with zero attached hydrogens (tertiary/aromatic N) is 3. The van der Waals surface area contributed by atoms with Gasteiger partial charge in [-0.15, -0.1) is 0 Å². The zero-order chi connectivity index (χ0) is 21.0. The van der Waals surface area contributed by atoms with Crippen LogP contribution in [0.1, 0.15) is 53.8 Å². The second-order valence-electron chi connectivity index (χ2n) is 7.52. The van der Waals surface area contributed by atoms with Crippen molar-refractivity contribution in [1.29, 1.82) is 0 Å². The lowest BCUT2D eigenvalue weighted by Gasteiger charge is -2.12. The SMILES string of the molecule is C=Cc1cc(/C(C)=N/c2c(C)cc(CCCN)cc2C)c2ncc(CC)nc2c1. The molecule has 4 heteroatoms. The van der Waals surface area contributed by atoms with Crippen LogP contribution in [0.2, 0.25) is 0 Å². The minimum Gasteiger partial charge on any atom is -0.330 e. The Morgan fingerprint density at radius 1 is 1.17 bits per heavy atom. The van der Waals surface area contributed by atoms with Gasteiger partial charge in [-0.25, -0.2) is 4.98 Å². The van der Waals surface area contributed by atoms with E-state index in [1.54, 1.807) is 0 Å². The van der Waals surface area contributed by atoms with Crippen molar-refractivity contribution in [1.82, 2.24) is 9.97 Å². The molecule has 4 nitrogen and oxygen atoms in total. The minimum atomic E-state index is 0.713.